The summed E-state index contributed by atoms with van der Waals surface area (Å²) in [5.41, 5.74) is 1.42. The standard InChI is InChI=1S/C18H17N5O2S2/c1-25-9-8-23-17(24)15-12-4-2-3-5-13(12)26-16(15)20-18(23)27-14-7-6-11(10-19)21-22-14/h6-7H,2-5,8-9H2,1H3. The number of aromatic nitrogens is 4. The topological polar surface area (TPSA) is 93.7 Å². The highest BCUT2D eigenvalue weighted by Gasteiger charge is 2.22. The highest BCUT2D eigenvalue weighted by molar-refractivity contribution is 7.99. The van der Waals surface area contributed by atoms with Crippen LogP contribution in [-0.4, -0.2) is 33.5 Å². The van der Waals surface area contributed by atoms with Crippen molar-refractivity contribution in [1.29, 1.82) is 5.26 Å². The Labute approximate surface area is 164 Å². The number of aryl methyl sites for hydroxylation is 2. The van der Waals surface area contributed by atoms with E-state index >= 15 is 0 Å². The van der Waals surface area contributed by atoms with Crippen molar-refractivity contribution in [1.82, 2.24) is 19.7 Å². The average Bonchev–Trinajstić information content (AvgIpc) is 3.07. The van der Waals surface area contributed by atoms with Gasteiger partial charge >= 0.3 is 0 Å². The largest absolute Gasteiger partial charge is 0.383 e. The lowest BCUT2D eigenvalue weighted by molar-refractivity contribution is 0.183. The van der Waals surface area contributed by atoms with Crippen LogP contribution in [0.15, 0.2) is 27.1 Å². The molecular formula is C18H17N5O2S2. The first kappa shape index (κ1) is 18.1. The molecule has 0 aliphatic heterocycles. The number of thiophene rings is 1. The van der Waals surface area contributed by atoms with Gasteiger partial charge in [-0.3, -0.25) is 9.36 Å². The zero-order valence-electron chi connectivity index (χ0n) is 14.8. The van der Waals surface area contributed by atoms with Crippen molar-refractivity contribution in [2.45, 2.75) is 42.4 Å². The summed E-state index contributed by atoms with van der Waals surface area (Å²) >= 11 is 2.91. The van der Waals surface area contributed by atoms with Crippen LogP contribution >= 0.6 is 23.1 Å². The van der Waals surface area contributed by atoms with Crippen molar-refractivity contribution in [2.75, 3.05) is 13.7 Å². The summed E-state index contributed by atoms with van der Waals surface area (Å²) in [6.07, 6.45) is 4.26. The van der Waals surface area contributed by atoms with Gasteiger partial charge in [0.2, 0.25) is 0 Å². The van der Waals surface area contributed by atoms with Crippen molar-refractivity contribution in [2.24, 2.45) is 0 Å². The Morgan fingerprint density at radius 3 is 2.93 bits per heavy atom. The molecular weight excluding hydrogens is 382 g/mol. The zero-order chi connectivity index (χ0) is 18.8. The predicted molar refractivity (Wildman–Crippen MR) is 103 cm³/mol. The van der Waals surface area contributed by atoms with Crippen molar-refractivity contribution >= 4 is 33.3 Å². The summed E-state index contributed by atoms with van der Waals surface area (Å²) in [4.78, 5) is 20.1. The number of nitrogens with zero attached hydrogens (tertiary/aromatic N) is 5. The van der Waals surface area contributed by atoms with Crippen molar-refractivity contribution in [3.05, 3.63) is 38.6 Å². The molecule has 27 heavy (non-hydrogen) atoms. The minimum Gasteiger partial charge on any atom is -0.383 e. The zero-order valence-corrected chi connectivity index (χ0v) is 16.4. The van der Waals surface area contributed by atoms with Crippen molar-refractivity contribution in [3.63, 3.8) is 0 Å². The lowest BCUT2D eigenvalue weighted by Crippen LogP contribution is -2.25. The molecule has 0 N–H and O–H groups in total. The van der Waals surface area contributed by atoms with Gasteiger partial charge in [0.15, 0.2) is 10.9 Å². The van der Waals surface area contributed by atoms with E-state index in [1.54, 1.807) is 35.1 Å². The Hall–Kier alpha value is -2.28. The molecule has 0 amide bonds. The Morgan fingerprint density at radius 1 is 1.33 bits per heavy atom. The van der Waals surface area contributed by atoms with E-state index < -0.39 is 0 Å². The number of ether oxygens (including phenoxy) is 1. The molecule has 3 heterocycles. The molecule has 0 radical (unpaired) electrons. The minimum absolute atomic E-state index is 0.0134. The van der Waals surface area contributed by atoms with E-state index in [4.69, 9.17) is 15.0 Å². The van der Waals surface area contributed by atoms with Crippen LogP contribution in [-0.2, 0) is 24.1 Å². The van der Waals surface area contributed by atoms with Gasteiger partial charge in [0.25, 0.3) is 5.56 Å². The van der Waals surface area contributed by atoms with Gasteiger partial charge in [0.1, 0.15) is 15.9 Å². The Balaban J connectivity index is 1.82. The molecule has 7 nitrogen and oxygen atoms in total. The number of methoxy groups -OCH3 is 1. The fraction of sp³-hybridized carbons (Fsp3) is 0.389. The van der Waals surface area contributed by atoms with Crippen LogP contribution in [0.25, 0.3) is 10.2 Å². The van der Waals surface area contributed by atoms with Crippen LogP contribution in [0, 0.1) is 11.3 Å². The van der Waals surface area contributed by atoms with Gasteiger partial charge in [-0.1, -0.05) is 0 Å². The molecule has 0 bridgehead atoms. The van der Waals surface area contributed by atoms with Crippen LogP contribution in [0.2, 0.25) is 0 Å². The maximum Gasteiger partial charge on any atom is 0.263 e. The summed E-state index contributed by atoms with van der Waals surface area (Å²) in [6.45, 7) is 0.848. The first-order chi connectivity index (χ1) is 13.2. The molecule has 3 aromatic rings. The van der Waals surface area contributed by atoms with Crippen LogP contribution < -0.4 is 5.56 Å². The minimum atomic E-state index is -0.0134. The molecule has 0 aromatic carbocycles. The van der Waals surface area contributed by atoms with E-state index in [-0.39, 0.29) is 11.3 Å². The summed E-state index contributed by atoms with van der Waals surface area (Å²) in [5, 5.41) is 18.7. The summed E-state index contributed by atoms with van der Waals surface area (Å²) < 4.78 is 6.85. The van der Waals surface area contributed by atoms with Gasteiger partial charge in [-0.15, -0.1) is 21.5 Å². The molecule has 4 rings (SSSR count). The fourth-order valence-corrected chi connectivity index (χ4v) is 5.34. The number of rotatable bonds is 5. The quantitative estimate of drug-likeness (QED) is 0.609. The number of nitriles is 1. The normalized spacial score (nSPS) is 13.5. The summed E-state index contributed by atoms with van der Waals surface area (Å²) in [7, 11) is 1.61. The molecule has 1 aliphatic rings. The number of hydrogen-bond donors (Lipinski definition) is 0. The number of fused-ring (bicyclic) bond motifs is 3. The smallest absolute Gasteiger partial charge is 0.263 e. The summed E-state index contributed by atoms with van der Waals surface area (Å²) in [5.74, 6) is 0. The molecule has 9 heteroatoms. The van der Waals surface area contributed by atoms with E-state index in [0.29, 0.717) is 23.3 Å². The second-order valence-corrected chi connectivity index (χ2v) is 8.28. The van der Waals surface area contributed by atoms with Crippen LogP contribution in [0.3, 0.4) is 0 Å². The second-order valence-electron chi connectivity index (χ2n) is 6.21. The van der Waals surface area contributed by atoms with Gasteiger partial charge in [-0.05, 0) is 55.1 Å². The van der Waals surface area contributed by atoms with Gasteiger partial charge in [-0.25, -0.2) is 4.98 Å². The molecule has 1 aliphatic carbocycles. The highest BCUT2D eigenvalue weighted by Crippen LogP contribution is 2.35. The Morgan fingerprint density at radius 2 is 2.19 bits per heavy atom. The highest BCUT2D eigenvalue weighted by atomic mass is 32.2. The second kappa shape index (κ2) is 7.76. The first-order valence-corrected chi connectivity index (χ1v) is 10.3. The first-order valence-electron chi connectivity index (χ1n) is 8.67. The summed E-state index contributed by atoms with van der Waals surface area (Å²) in [6, 6.07) is 5.27. The van der Waals surface area contributed by atoms with Crippen molar-refractivity contribution < 1.29 is 4.74 Å². The van der Waals surface area contributed by atoms with Gasteiger partial charge in [0, 0.05) is 12.0 Å². The number of hydrogen-bond acceptors (Lipinski definition) is 8. The SMILES string of the molecule is COCCn1c(Sc2ccc(C#N)nn2)nc2sc3c(c2c1=O)CCCC3. The van der Waals surface area contributed by atoms with Crippen LogP contribution in [0.4, 0.5) is 0 Å². The van der Waals surface area contributed by atoms with Crippen LogP contribution in [0.5, 0.6) is 0 Å². The van der Waals surface area contributed by atoms with E-state index in [1.807, 2.05) is 6.07 Å². The lowest BCUT2D eigenvalue weighted by Gasteiger charge is -2.13. The monoisotopic (exact) mass is 399 g/mol. The van der Waals surface area contributed by atoms with E-state index in [0.717, 1.165) is 29.5 Å². The molecule has 0 spiro atoms. The van der Waals surface area contributed by atoms with Gasteiger partial charge in [-0.2, -0.15) is 5.26 Å². The van der Waals surface area contributed by atoms with E-state index in [9.17, 15) is 4.79 Å². The lowest BCUT2D eigenvalue weighted by atomic mass is 9.97. The van der Waals surface area contributed by atoms with Crippen LogP contribution in [0.1, 0.15) is 29.0 Å². The molecule has 0 saturated carbocycles. The maximum absolute atomic E-state index is 13.3. The van der Waals surface area contributed by atoms with E-state index in [1.165, 1.54) is 28.6 Å². The van der Waals surface area contributed by atoms with Crippen molar-refractivity contribution in [3.8, 4) is 6.07 Å². The molecule has 0 saturated heterocycles. The Bertz CT molecular complexity index is 1080. The molecule has 0 unspecified atom stereocenters. The van der Waals surface area contributed by atoms with E-state index in [2.05, 4.69) is 10.2 Å². The third-order valence-corrected chi connectivity index (χ3v) is 6.62. The van der Waals surface area contributed by atoms with Gasteiger partial charge in [0.05, 0.1) is 18.5 Å². The maximum atomic E-state index is 13.3. The Kier molecular flexibility index (Phi) is 5.20. The molecule has 0 fully saturated rings. The third-order valence-electron chi connectivity index (χ3n) is 4.51. The molecule has 0 atom stereocenters. The fourth-order valence-electron chi connectivity index (χ4n) is 3.21. The average molecular weight is 400 g/mol. The predicted octanol–water partition coefficient (Wildman–Crippen LogP) is 2.80. The molecule has 3 aromatic heterocycles. The third kappa shape index (κ3) is 3.48. The molecule has 138 valence electrons. The van der Waals surface area contributed by atoms with Gasteiger partial charge < -0.3 is 4.74 Å².